The third-order valence-electron chi connectivity index (χ3n) is 4.99. The van der Waals surface area contributed by atoms with E-state index in [4.69, 9.17) is 0 Å². The highest BCUT2D eigenvalue weighted by Crippen LogP contribution is 2.18. The second-order valence-electron chi connectivity index (χ2n) is 7.07. The molecule has 0 radical (unpaired) electrons. The highest BCUT2D eigenvalue weighted by molar-refractivity contribution is 5.97. The third-order valence-corrected chi connectivity index (χ3v) is 4.99. The SMILES string of the molecule is Cc1cccc(N2CCN(C(=O)CC(=O)NCCc3ccccc3F)CC2)c1. The summed E-state index contributed by atoms with van der Waals surface area (Å²) in [6, 6.07) is 14.8. The summed E-state index contributed by atoms with van der Waals surface area (Å²) in [7, 11) is 0. The van der Waals surface area contributed by atoms with Crippen LogP contribution in [-0.2, 0) is 16.0 Å². The molecule has 1 N–H and O–H groups in total. The number of piperazine rings is 1. The zero-order valence-electron chi connectivity index (χ0n) is 16.2. The fourth-order valence-electron chi connectivity index (χ4n) is 3.39. The molecule has 0 saturated carbocycles. The monoisotopic (exact) mass is 383 g/mol. The average Bonchev–Trinajstić information content (AvgIpc) is 2.69. The van der Waals surface area contributed by atoms with E-state index in [1.165, 1.54) is 11.6 Å². The van der Waals surface area contributed by atoms with Crippen molar-refractivity contribution in [3.63, 3.8) is 0 Å². The number of anilines is 1. The summed E-state index contributed by atoms with van der Waals surface area (Å²) < 4.78 is 13.6. The second-order valence-corrected chi connectivity index (χ2v) is 7.07. The molecule has 0 aliphatic carbocycles. The van der Waals surface area contributed by atoms with Crippen LogP contribution in [-0.4, -0.2) is 49.4 Å². The Labute approximate surface area is 165 Å². The van der Waals surface area contributed by atoms with Gasteiger partial charge in [0, 0.05) is 38.4 Å². The van der Waals surface area contributed by atoms with Gasteiger partial charge < -0.3 is 15.1 Å². The molecule has 3 rings (SSSR count). The summed E-state index contributed by atoms with van der Waals surface area (Å²) in [6.45, 7) is 5.10. The van der Waals surface area contributed by atoms with Crippen molar-refractivity contribution in [2.75, 3.05) is 37.6 Å². The number of benzene rings is 2. The zero-order valence-corrected chi connectivity index (χ0v) is 16.2. The Morgan fingerprint density at radius 3 is 2.50 bits per heavy atom. The van der Waals surface area contributed by atoms with Gasteiger partial charge in [-0.2, -0.15) is 0 Å². The van der Waals surface area contributed by atoms with Crippen molar-refractivity contribution < 1.29 is 14.0 Å². The van der Waals surface area contributed by atoms with Gasteiger partial charge in [-0.05, 0) is 42.7 Å². The Balaban J connectivity index is 1.40. The van der Waals surface area contributed by atoms with Crippen molar-refractivity contribution in [2.24, 2.45) is 0 Å². The van der Waals surface area contributed by atoms with E-state index in [-0.39, 0.29) is 24.1 Å². The maximum absolute atomic E-state index is 13.6. The van der Waals surface area contributed by atoms with Gasteiger partial charge in [0.1, 0.15) is 12.2 Å². The second kappa shape index (κ2) is 9.35. The van der Waals surface area contributed by atoms with Crippen LogP contribution in [0.3, 0.4) is 0 Å². The Hall–Kier alpha value is -2.89. The minimum atomic E-state index is -0.317. The summed E-state index contributed by atoms with van der Waals surface area (Å²) in [4.78, 5) is 28.4. The predicted molar refractivity (Wildman–Crippen MR) is 108 cm³/mol. The quantitative estimate of drug-likeness (QED) is 0.780. The lowest BCUT2D eigenvalue weighted by Crippen LogP contribution is -2.49. The summed E-state index contributed by atoms with van der Waals surface area (Å²) >= 11 is 0. The van der Waals surface area contributed by atoms with Gasteiger partial charge in [-0.3, -0.25) is 9.59 Å². The molecular weight excluding hydrogens is 357 g/mol. The zero-order chi connectivity index (χ0) is 19.9. The molecule has 0 unspecified atom stereocenters. The van der Waals surface area contributed by atoms with Gasteiger partial charge in [-0.25, -0.2) is 4.39 Å². The topological polar surface area (TPSA) is 52.7 Å². The lowest BCUT2D eigenvalue weighted by Gasteiger charge is -2.36. The van der Waals surface area contributed by atoms with Crippen LogP contribution in [0.4, 0.5) is 10.1 Å². The van der Waals surface area contributed by atoms with Gasteiger partial charge in [0.2, 0.25) is 11.8 Å². The van der Waals surface area contributed by atoms with Gasteiger partial charge in [0.25, 0.3) is 0 Å². The summed E-state index contributed by atoms with van der Waals surface area (Å²) in [6.07, 6.45) is 0.240. The van der Waals surface area contributed by atoms with Crippen molar-refractivity contribution in [1.29, 1.82) is 0 Å². The van der Waals surface area contributed by atoms with Crippen LogP contribution < -0.4 is 10.2 Å². The van der Waals surface area contributed by atoms with E-state index in [1.807, 2.05) is 6.07 Å². The van der Waals surface area contributed by atoms with Crippen molar-refractivity contribution in [3.05, 3.63) is 65.5 Å². The Morgan fingerprint density at radius 2 is 1.79 bits per heavy atom. The Bertz CT molecular complexity index is 832. The van der Waals surface area contributed by atoms with Crippen molar-refractivity contribution in [1.82, 2.24) is 10.2 Å². The number of hydrogen-bond acceptors (Lipinski definition) is 3. The van der Waals surface area contributed by atoms with Crippen LogP contribution in [0.5, 0.6) is 0 Å². The molecule has 2 amide bonds. The number of nitrogens with one attached hydrogen (secondary N) is 1. The molecule has 1 aliphatic heterocycles. The highest BCUT2D eigenvalue weighted by atomic mass is 19.1. The Morgan fingerprint density at radius 1 is 1.04 bits per heavy atom. The summed E-state index contributed by atoms with van der Waals surface area (Å²) in [5.74, 6) is -0.756. The van der Waals surface area contributed by atoms with E-state index >= 15 is 0 Å². The van der Waals surface area contributed by atoms with Crippen molar-refractivity contribution in [2.45, 2.75) is 19.8 Å². The molecule has 6 heteroatoms. The number of carbonyl (C=O) groups is 2. The predicted octanol–water partition coefficient (Wildman–Crippen LogP) is 2.53. The first-order valence-electron chi connectivity index (χ1n) is 9.62. The molecule has 0 aromatic heterocycles. The molecule has 2 aromatic carbocycles. The molecule has 148 valence electrons. The standard InChI is InChI=1S/C22H26FN3O2/c1-17-5-4-7-19(15-17)25-11-13-26(14-12-25)22(28)16-21(27)24-10-9-18-6-2-3-8-20(18)23/h2-8,15H,9-14,16H2,1H3,(H,24,27). The van der Waals surface area contributed by atoms with Gasteiger partial charge >= 0.3 is 0 Å². The number of amides is 2. The van der Waals surface area contributed by atoms with Gasteiger partial charge in [0.15, 0.2) is 0 Å². The molecule has 1 fully saturated rings. The van der Waals surface area contributed by atoms with Crippen LogP contribution in [0.1, 0.15) is 17.5 Å². The number of halogens is 1. The van der Waals surface area contributed by atoms with E-state index in [2.05, 4.69) is 35.3 Å². The van der Waals surface area contributed by atoms with E-state index in [0.717, 1.165) is 18.8 Å². The van der Waals surface area contributed by atoms with Gasteiger partial charge in [-0.1, -0.05) is 30.3 Å². The first-order chi connectivity index (χ1) is 13.5. The van der Waals surface area contributed by atoms with E-state index in [1.54, 1.807) is 23.1 Å². The number of hydrogen-bond donors (Lipinski definition) is 1. The number of nitrogens with zero attached hydrogens (tertiary/aromatic N) is 2. The minimum Gasteiger partial charge on any atom is -0.368 e. The van der Waals surface area contributed by atoms with Gasteiger partial charge in [-0.15, -0.1) is 0 Å². The maximum Gasteiger partial charge on any atom is 0.232 e. The smallest absolute Gasteiger partial charge is 0.232 e. The van der Waals surface area contributed by atoms with Crippen molar-refractivity contribution >= 4 is 17.5 Å². The van der Waals surface area contributed by atoms with Crippen LogP contribution in [0.15, 0.2) is 48.5 Å². The highest BCUT2D eigenvalue weighted by Gasteiger charge is 2.22. The third kappa shape index (κ3) is 5.31. The molecule has 1 aliphatic rings. The first-order valence-corrected chi connectivity index (χ1v) is 9.62. The minimum absolute atomic E-state index is 0.160. The number of aryl methyl sites for hydroxylation is 1. The molecule has 0 atom stereocenters. The van der Waals surface area contributed by atoms with E-state index < -0.39 is 0 Å². The molecule has 28 heavy (non-hydrogen) atoms. The van der Waals surface area contributed by atoms with E-state index in [0.29, 0.717) is 31.6 Å². The van der Waals surface area contributed by atoms with Crippen LogP contribution in [0.2, 0.25) is 0 Å². The maximum atomic E-state index is 13.6. The van der Waals surface area contributed by atoms with Gasteiger partial charge in [0.05, 0.1) is 0 Å². The summed E-state index contributed by atoms with van der Waals surface area (Å²) in [5.41, 5.74) is 2.93. The molecule has 2 aromatic rings. The van der Waals surface area contributed by atoms with Crippen LogP contribution in [0, 0.1) is 12.7 Å². The largest absolute Gasteiger partial charge is 0.368 e. The molecule has 0 spiro atoms. The lowest BCUT2D eigenvalue weighted by atomic mass is 10.1. The first kappa shape index (κ1) is 19.9. The van der Waals surface area contributed by atoms with Crippen molar-refractivity contribution in [3.8, 4) is 0 Å². The van der Waals surface area contributed by atoms with Crippen LogP contribution in [0.25, 0.3) is 0 Å². The summed E-state index contributed by atoms with van der Waals surface area (Å²) in [5, 5.41) is 2.71. The van der Waals surface area contributed by atoms with Crippen LogP contribution >= 0.6 is 0 Å². The number of carbonyl (C=O) groups excluding carboxylic acids is 2. The number of rotatable bonds is 6. The molecule has 0 bridgehead atoms. The normalized spacial score (nSPS) is 14.1. The lowest BCUT2D eigenvalue weighted by molar-refractivity contribution is -0.136. The average molecular weight is 383 g/mol. The fraction of sp³-hybridized carbons (Fsp3) is 0.364. The molecular formula is C22H26FN3O2. The molecule has 1 heterocycles. The molecule has 1 saturated heterocycles. The Kier molecular flexibility index (Phi) is 6.63. The fourth-order valence-corrected chi connectivity index (χ4v) is 3.39. The van der Waals surface area contributed by atoms with E-state index in [9.17, 15) is 14.0 Å². The molecule has 5 nitrogen and oxygen atoms in total.